The zero-order valence-electron chi connectivity index (χ0n) is 15.0. The molecule has 0 bridgehead atoms. The van der Waals surface area contributed by atoms with Gasteiger partial charge in [-0.1, -0.05) is 62.4 Å². The van der Waals surface area contributed by atoms with Crippen molar-refractivity contribution in [3.05, 3.63) is 77.1 Å². The molecule has 0 unspecified atom stereocenters. The van der Waals surface area contributed by atoms with Crippen molar-refractivity contribution in [2.45, 2.75) is 46.0 Å². The van der Waals surface area contributed by atoms with Gasteiger partial charge in [0.2, 0.25) is 0 Å². The van der Waals surface area contributed by atoms with Gasteiger partial charge in [0.25, 0.3) is 0 Å². The van der Waals surface area contributed by atoms with Crippen LogP contribution in [0, 0.1) is 6.92 Å². The second-order valence-electron chi connectivity index (χ2n) is 7.39. The predicted molar refractivity (Wildman–Crippen MR) is 98.6 cm³/mol. The van der Waals surface area contributed by atoms with Crippen molar-refractivity contribution < 1.29 is 0 Å². The number of aryl methyl sites for hydroxylation is 3. The first-order valence-electron chi connectivity index (χ1n) is 8.50. The van der Waals surface area contributed by atoms with Crippen LogP contribution in [0.5, 0.6) is 0 Å². The van der Waals surface area contributed by atoms with Gasteiger partial charge in [-0.25, -0.2) is 4.68 Å². The van der Waals surface area contributed by atoms with Gasteiger partial charge < -0.3 is 0 Å². The fourth-order valence-corrected chi connectivity index (χ4v) is 3.02. The first kappa shape index (κ1) is 16.4. The van der Waals surface area contributed by atoms with Crippen LogP contribution in [0.4, 0.5) is 0 Å². The summed E-state index contributed by atoms with van der Waals surface area (Å²) >= 11 is 0. The van der Waals surface area contributed by atoms with Crippen LogP contribution < -0.4 is 0 Å². The Morgan fingerprint density at radius 1 is 0.958 bits per heavy atom. The Labute approximate surface area is 144 Å². The number of nitrogens with zero attached hydrogens (tertiary/aromatic N) is 3. The van der Waals surface area contributed by atoms with E-state index in [1.807, 2.05) is 41.2 Å². The number of benzene rings is 2. The van der Waals surface area contributed by atoms with Crippen LogP contribution in [0.1, 0.15) is 43.2 Å². The van der Waals surface area contributed by atoms with E-state index in [2.05, 4.69) is 56.2 Å². The van der Waals surface area contributed by atoms with Gasteiger partial charge in [-0.3, -0.25) is 0 Å². The van der Waals surface area contributed by atoms with Crippen LogP contribution in [0.2, 0.25) is 0 Å². The third-order valence-corrected chi connectivity index (χ3v) is 4.34. The molecule has 0 radical (unpaired) electrons. The Morgan fingerprint density at radius 3 is 2.42 bits per heavy atom. The monoisotopic (exact) mass is 319 g/mol. The number of hydrogen-bond donors (Lipinski definition) is 0. The maximum absolute atomic E-state index is 4.31. The van der Waals surface area contributed by atoms with Gasteiger partial charge in [-0.05, 0) is 54.0 Å². The molecule has 1 aromatic heterocycles. The minimum absolute atomic E-state index is 0.177. The normalized spacial score (nSPS) is 11.7. The molecule has 1 heterocycles. The molecule has 2 aromatic carbocycles. The number of aromatic nitrogens is 3. The molecular formula is C21H25N3. The van der Waals surface area contributed by atoms with Gasteiger partial charge in [-0.15, -0.1) is 5.10 Å². The van der Waals surface area contributed by atoms with E-state index in [4.69, 9.17) is 0 Å². The molecule has 0 saturated heterocycles. The first-order valence-corrected chi connectivity index (χ1v) is 8.50. The highest BCUT2D eigenvalue weighted by Crippen LogP contribution is 2.26. The molecule has 0 N–H and O–H groups in total. The Morgan fingerprint density at radius 2 is 1.71 bits per heavy atom. The smallest absolute Gasteiger partial charge is 0.0835 e. The molecule has 24 heavy (non-hydrogen) atoms. The summed E-state index contributed by atoms with van der Waals surface area (Å²) in [6, 6.07) is 16.9. The minimum atomic E-state index is 0.177. The van der Waals surface area contributed by atoms with Gasteiger partial charge in [0.15, 0.2) is 0 Å². The van der Waals surface area contributed by atoms with E-state index in [0.717, 1.165) is 24.2 Å². The summed E-state index contributed by atoms with van der Waals surface area (Å²) in [5, 5.41) is 8.55. The number of para-hydroxylation sites is 1. The molecule has 0 fully saturated rings. The van der Waals surface area contributed by atoms with Crippen LogP contribution in [-0.4, -0.2) is 15.0 Å². The lowest BCUT2D eigenvalue weighted by atomic mass is 9.83. The molecule has 3 aromatic rings. The Kier molecular flexibility index (Phi) is 4.52. The third kappa shape index (κ3) is 3.73. The fraction of sp³-hybridized carbons (Fsp3) is 0.333. The van der Waals surface area contributed by atoms with Crippen molar-refractivity contribution >= 4 is 0 Å². The van der Waals surface area contributed by atoms with Crippen molar-refractivity contribution in [1.29, 1.82) is 0 Å². The van der Waals surface area contributed by atoms with Crippen LogP contribution >= 0.6 is 0 Å². The van der Waals surface area contributed by atoms with Crippen LogP contribution in [0.3, 0.4) is 0 Å². The molecule has 124 valence electrons. The lowest BCUT2D eigenvalue weighted by Gasteiger charge is -2.22. The highest BCUT2D eigenvalue weighted by Gasteiger charge is 2.16. The Hall–Kier alpha value is -2.42. The number of rotatable bonds is 4. The van der Waals surface area contributed by atoms with Gasteiger partial charge in [0.1, 0.15) is 0 Å². The maximum Gasteiger partial charge on any atom is 0.0835 e. The first-order chi connectivity index (χ1) is 11.4. The molecule has 0 aliphatic heterocycles. The minimum Gasteiger partial charge on any atom is -0.220 e. The molecule has 0 aliphatic carbocycles. The number of hydrogen-bond acceptors (Lipinski definition) is 2. The van der Waals surface area contributed by atoms with Gasteiger partial charge in [0, 0.05) is 0 Å². The fourth-order valence-electron chi connectivity index (χ4n) is 3.02. The molecular weight excluding hydrogens is 294 g/mol. The summed E-state index contributed by atoms with van der Waals surface area (Å²) in [4.78, 5) is 0. The van der Waals surface area contributed by atoms with Crippen molar-refractivity contribution in [2.75, 3.05) is 0 Å². The zero-order chi connectivity index (χ0) is 17.2. The highest BCUT2D eigenvalue weighted by molar-refractivity contribution is 5.36. The van der Waals surface area contributed by atoms with E-state index in [1.165, 1.54) is 16.7 Å². The van der Waals surface area contributed by atoms with E-state index in [-0.39, 0.29) is 5.41 Å². The second kappa shape index (κ2) is 6.60. The molecule has 0 amide bonds. The van der Waals surface area contributed by atoms with Crippen LogP contribution in [0.25, 0.3) is 5.69 Å². The quantitative estimate of drug-likeness (QED) is 0.700. The summed E-state index contributed by atoms with van der Waals surface area (Å²) in [5.41, 5.74) is 6.39. The molecule has 3 nitrogen and oxygen atoms in total. The van der Waals surface area contributed by atoms with Gasteiger partial charge in [0.05, 0.1) is 17.6 Å². The second-order valence-corrected chi connectivity index (χ2v) is 7.39. The molecule has 3 heteroatoms. The standard InChI is InChI=1S/C21H25N3/c1-16-10-11-17(14-20(16)21(2,3)4)12-13-18-15-24(23-22-18)19-8-6-5-7-9-19/h5-11,14-15H,12-13H2,1-4H3. The third-order valence-electron chi connectivity index (χ3n) is 4.34. The van der Waals surface area contributed by atoms with Crippen molar-refractivity contribution in [1.82, 2.24) is 15.0 Å². The van der Waals surface area contributed by atoms with Gasteiger partial charge >= 0.3 is 0 Å². The molecule has 0 saturated carbocycles. The van der Waals surface area contributed by atoms with Crippen LogP contribution in [-0.2, 0) is 18.3 Å². The van der Waals surface area contributed by atoms with Crippen molar-refractivity contribution in [3.63, 3.8) is 0 Å². The van der Waals surface area contributed by atoms with E-state index in [1.54, 1.807) is 0 Å². The van der Waals surface area contributed by atoms with Crippen molar-refractivity contribution in [2.24, 2.45) is 0 Å². The Bertz CT molecular complexity index is 811. The zero-order valence-corrected chi connectivity index (χ0v) is 15.0. The average molecular weight is 319 g/mol. The van der Waals surface area contributed by atoms with Crippen LogP contribution in [0.15, 0.2) is 54.7 Å². The van der Waals surface area contributed by atoms with Crippen molar-refractivity contribution in [3.8, 4) is 5.69 Å². The summed E-state index contributed by atoms with van der Waals surface area (Å²) < 4.78 is 1.84. The van der Waals surface area contributed by atoms with E-state index in [0.29, 0.717) is 0 Å². The lowest BCUT2D eigenvalue weighted by molar-refractivity contribution is 0.585. The lowest BCUT2D eigenvalue weighted by Crippen LogP contribution is -2.13. The van der Waals surface area contributed by atoms with E-state index in [9.17, 15) is 0 Å². The molecule has 3 rings (SSSR count). The average Bonchev–Trinajstić information content (AvgIpc) is 3.03. The van der Waals surface area contributed by atoms with Gasteiger partial charge in [-0.2, -0.15) is 0 Å². The molecule has 0 spiro atoms. The highest BCUT2D eigenvalue weighted by atomic mass is 15.4. The summed E-state index contributed by atoms with van der Waals surface area (Å²) in [6.07, 6.45) is 3.91. The predicted octanol–water partition coefficient (Wildman–Crippen LogP) is 4.66. The summed E-state index contributed by atoms with van der Waals surface area (Å²) in [5.74, 6) is 0. The molecule has 0 atom stereocenters. The van der Waals surface area contributed by atoms with E-state index >= 15 is 0 Å². The molecule has 0 aliphatic rings. The Balaban J connectivity index is 1.72. The largest absolute Gasteiger partial charge is 0.220 e. The summed E-state index contributed by atoms with van der Waals surface area (Å²) in [6.45, 7) is 9.00. The maximum atomic E-state index is 4.31. The SMILES string of the molecule is Cc1ccc(CCc2cn(-c3ccccc3)nn2)cc1C(C)(C)C. The van der Waals surface area contributed by atoms with E-state index < -0.39 is 0 Å². The summed E-state index contributed by atoms with van der Waals surface area (Å²) in [7, 11) is 0. The topological polar surface area (TPSA) is 30.7 Å².